The average molecular weight is 706 g/mol. The summed E-state index contributed by atoms with van der Waals surface area (Å²) in [6, 6.07) is 11.8. The Labute approximate surface area is 293 Å². The highest BCUT2D eigenvalue weighted by Gasteiger charge is 2.33. The number of carbonyl (C=O) groups excluding carboxylic acids is 6. The minimum absolute atomic E-state index is 0.0631. The van der Waals surface area contributed by atoms with Crippen LogP contribution in [0.5, 0.6) is 0 Å². The summed E-state index contributed by atoms with van der Waals surface area (Å²) in [4.78, 5) is 84.0. The van der Waals surface area contributed by atoms with Crippen LogP contribution in [0.4, 0.5) is 0 Å². The number of hydrogen-bond donors (Lipinski definition) is 8. The van der Waals surface area contributed by atoms with Crippen LogP contribution in [0, 0.1) is 5.41 Å². The zero-order chi connectivity index (χ0) is 36.0. The van der Waals surface area contributed by atoms with Crippen molar-refractivity contribution < 1.29 is 28.8 Å². The van der Waals surface area contributed by atoms with Crippen LogP contribution >= 0.6 is 11.3 Å². The molecule has 1 unspecified atom stereocenters. The number of nitrogens with one attached hydrogen (secondary N) is 7. The van der Waals surface area contributed by atoms with Gasteiger partial charge in [0.15, 0.2) is 11.0 Å². The fourth-order valence-corrected chi connectivity index (χ4v) is 6.44. The SMILES string of the molecule is CC(=O)N[C@H]1CC(=O)NCCCC[C@@H](C(=O)NC(CCCNC(=N)N)C(=O)c2nc3ccccc3s2)NC(=O)[C@H](Cc2ccccc2)NC1=O. The minimum Gasteiger partial charge on any atom is -0.370 e. The molecule has 15 nitrogen and oxygen atoms in total. The van der Waals surface area contributed by atoms with Crippen LogP contribution < -0.4 is 37.6 Å². The highest BCUT2D eigenvalue weighted by atomic mass is 32.1. The molecule has 1 saturated heterocycles. The zero-order valence-corrected chi connectivity index (χ0v) is 28.6. The van der Waals surface area contributed by atoms with Gasteiger partial charge in [0.2, 0.25) is 35.3 Å². The summed E-state index contributed by atoms with van der Waals surface area (Å²) < 4.78 is 0.816. The number of amides is 5. The summed E-state index contributed by atoms with van der Waals surface area (Å²) in [6.45, 7) is 1.76. The molecule has 5 amide bonds. The lowest BCUT2D eigenvalue weighted by Gasteiger charge is -2.27. The van der Waals surface area contributed by atoms with E-state index in [1.807, 2.05) is 24.3 Å². The molecule has 1 aromatic heterocycles. The highest BCUT2D eigenvalue weighted by Crippen LogP contribution is 2.23. The predicted molar refractivity (Wildman–Crippen MR) is 188 cm³/mol. The number of benzene rings is 2. The topological polar surface area (TPSA) is 237 Å². The number of ketones is 1. The third-order valence-corrected chi connectivity index (χ3v) is 9.05. The molecular formula is C34H43N9O6S. The summed E-state index contributed by atoms with van der Waals surface area (Å²) in [5.41, 5.74) is 6.79. The van der Waals surface area contributed by atoms with E-state index in [0.29, 0.717) is 31.3 Å². The van der Waals surface area contributed by atoms with Crippen molar-refractivity contribution in [3.63, 3.8) is 0 Å². The number of hydrogen-bond acceptors (Lipinski definition) is 9. The van der Waals surface area contributed by atoms with Crippen LogP contribution in [0.15, 0.2) is 54.6 Å². The number of nitrogens with two attached hydrogens (primary N) is 1. The van der Waals surface area contributed by atoms with Gasteiger partial charge in [0.05, 0.1) is 22.7 Å². The summed E-state index contributed by atoms with van der Waals surface area (Å²) in [7, 11) is 0. The molecule has 266 valence electrons. The third-order valence-electron chi connectivity index (χ3n) is 8.00. The molecule has 0 spiro atoms. The quantitative estimate of drug-likeness (QED) is 0.0604. The Bertz CT molecular complexity index is 1670. The van der Waals surface area contributed by atoms with E-state index >= 15 is 0 Å². The van der Waals surface area contributed by atoms with Gasteiger partial charge in [0.1, 0.15) is 18.1 Å². The first-order valence-corrected chi connectivity index (χ1v) is 17.3. The van der Waals surface area contributed by atoms with Gasteiger partial charge in [-0.2, -0.15) is 0 Å². The Morgan fingerprint density at radius 2 is 1.76 bits per heavy atom. The van der Waals surface area contributed by atoms with Gasteiger partial charge in [-0.1, -0.05) is 42.5 Å². The number of guanidine groups is 1. The van der Waals surface area contributed by atoms with Crippen molar-refractivity contribution in [2.75, 3.05) is 13.1 Å². The zero-order valence-electron chi connectivity index (χ0n) is 27.8. The Hall–Kier alpha value is -5.38. The monoisotopic (exact) mass is 705 g/mol. The Kier molecular flexibility index (Phi) is 13.8. The maximum Gasteiger partial charge on any atom is 0.243 e. The second-order valence-corrected chi connectivity index (χ2v) is 13.0. The average Bonchev–Trinajstić information content (AvgIpc) is 3.52. The van der Waals surface area contributed by atoms with Crippen LogP contribution in [-0.4, -0.2) is 83.5 Å². The number of nitrogens with zero attached hydrogens (tertiary/aromatic N) is 1. The van der Waals surface area contributed by atoms with Crippen molar-refractivity contribution in [1.29, 1.82) is 5.41 Å². The Morgan fingerprint density at radius 1 is 1.02 bits per heavy atom. The van der Waals surface area contributed by atoms with E-state index in [4.69, 9.17) is 11.1 Å². The molecule has 0 radical (unpaired) electrons. The van der Waals surface area contributed by atoms with Crippen molar-refractivity contribution in [3.05, 3.63) is 65.2 Å². The molecule has 2 heterocycles. The molecular weight excluding hydrogens is 662 g/mol. The molecule has 4 atom stereocenters. The molecule has 0 bridgehead atoms. The normalized spacial score (nSPS) is 19.5. The smallest absolute Gasteiger partial charge is 0.243 e. The molecule has 4 rings (SSSR count). The second kappa shape index (κ2) is 18.4. The van der Waals surface area contributed by atoms with Crippen molar-refractivity contribution >= 4 is 62.8 Å². The summed E-state index contributed by atoms with van der Waals surface area (Å²) in [6.07, 6.45) is 1.41. The molecule has 3 aromatic rings. The lowest BCUT2D eigenvalue weighted by Crippen LogP contribution is -2.58. The van der Waals surface area contributed by atoms with E-state index in [-0.39, 0.29) is 43.2 Å². The molecule has 0 aliphatic carbocycles. The second-order valence-electron chi connectivity index (χ2n) is 12.0. The van der Waals surface area contributed by atoms with Gasteiger partial charge < -0.3 is 37.6 Å². The first kappa shape index (κ1) is 37.4. The third kappa shape index (κ3) is 11.4. The Balaban J connectivity index is 1.59. The van der Waals surface area contributed by atoms with Crippen LogP contribution in [0.1, 0.15) is 60.8 Å². The van der Waals surface area contributed by atoms with E-state index in [0.717, 1.165) is 10.3 Å². The van der Waals surface area contributed by atoms with Gasteiger partial charge in [0, 0.05) is 26.4 Å². The van der Waals surface area contributed by atoms with Crippen molar-refractivity contribution in [1.82, 2.24) is 36.9 Å². The molecule has 2 aromatic carbocycles. The van der Waals surface area contributed by atoms with Gasteiger partial charge in [-0.3, -0.25) is 34.2 Å². The van der Waals surface area contributed by atoms with E-state index in [9.17, 15) is 28.8 Å². The highest BCUT2D eigenvalue weighted by molar-refractivity contribution is 7.20. The van der Waals surface area contributed by atoms with Crippen molar-refractivity contribution in [2.45, 2.75) is 76.0 Å². The number of fused-ring (bicyclic) bond motifs is 1. The number of carbonyl (C=O) groups is 6. The first-order valence-electron chi connectivity index (χ1n) is 16.5. The lowest BCUT2D eigenvalue weighted by molar-refractivity contribution is -0.135. The summed E-state index contributed by atoms with van der Waals surface area (Å²) >= 11 is 1.21. The minimum atomic E-state index is -1.23. The maximum atomic E-state index is 13.9. The summed E-state index contributed by atoms with van der Waals surface area (Å²) in [5, 5.41) is 23.8. The number of Topliss-reactive ketones (excluding diaryl/α,β-unsaturated/α-hetero) is 1. The number of rotatable bonds is 11. The molecule has 0 saturated carbocycles. The largest absolute Gasteiger partial charge is 0.370 e. The standard InChI is InChI=1S/C34H43N9O6S/c1-20(44)39-26-19-28(45)37-16-8-7-13-24(41-31(48)25(42-32(26)49)18-21-10-3-2-4-11-21)30(47)40-23(14-9-17-38-34(35)36)29(46)33-43-22-12-5-6-15-27(22)50-33/h2-6,10-12,15,23-26H,7-9,13-14,16-19H2,1H3,(H,37,45)(H,39,44)(H,40,47)(H,41,48)(H,42,49)(H4,35,36,38)/t23?,24-,25-,26-/m0/s1. The number of thiazole rings is 1. The predicted octanol–water partition coefficient (Wildman–Crippen LogP) is 0.634. The van der Waals surface area contributed by atoms with E-state index < -0.39 is 59.5 Å². The molecule has 1 fully saturated rings. The molecule has 1 aliphatic rings. The van der Waals surface area contributed by atoms with E-state index in [1.165, 1.54) is 18.3 Å². The van der Waals surface area contributed by atoms with Crippen LogP contribution in [0.25, 0.3) is 10.2 Å². The van der Waals surface area contributed by atoms with Gasteiger partial charge in [-0.25, -0.2) is 4.98 Å². The fraction of sp³-hybridized carbons (Fsp3) is 0.412. The fourth-order valence-electron chi connectivity index (χ4n) is 5.48. The van der Waals surface area contributed by atoms with Crippen LogP contribution in [0.3, 0.4) is 0 Å². The van der Waals surface area contributed by atoms with Gasteiger partial charge >= 0.3 is 0 Å². The maximum absolute atomic E-state index is 13.9. The molecule has 50 heavy (non-hydrogen) atoms. The number of aromatic nitrogens is 1. The van der Waals surface area contributed by atoms with Crippen LogP contribution in [-0.2, 0) is 30.4 Å². The van der Waals surface area contributed by atoms with Gasteiger partial charge in [0.25, 0.3) is 0 Å². The van der Waals surface area contributed by atoms with Crippen molar-refractivity contribution in [2.24, 2.45) is 5.73 Å². The van der Waals surface area contributed by atoms with Gasteiger partial charge in [-0.05, 0) is 49.8 Å². The van der Waals surface area contributed by atoms with E-state index in [1.54, 1.807) is 30.3 Å². The molecule has 9 N–H and O–H groups in total. The summed E-state index contributed by atoms with van der Waals surface area (Å²) in [5.74, 6) is -3.57. The van der Waals surface area contributed by atoms with E-state index in [2.05, 4.69) is 36.9 Å². The van der Waals surface area contributed by atoms with Crippen molar-refractivity contribution in [3.8, 4) is 0 Å². The number of para-hydroxylation sites is 1. The van der Waals surface area contributed by atoms with Gasteiger partial charge in [-0.15, -0.1) is 11.3 Å². The lowest BCUT2D eigenvalue weighted by atomic mass is 10.0. The molecule has 16 heteroatoms. The first-order chi connectivity index (χ1) is 24.0. The Morgan fingerprint density at radius 3 is 2.48 bits per heavy atom. The van der Waals surface area contributed by atoms with Crippen LogP contribution in [0.2, 0.25) is 0 Å². The molecule has 1 aliphatic heterocycles.